The Morgan fingerprint density at radius 3 is 2.46 bits per heavy atom. The predicted molar refractivity (Wildman–Crippen MR) is 95.4 cm³/mol. The molecule has 2 heterocycles. The van der Waals surface area contributed by atoms with Crippen LogP contribution in [0.15, 0.2) is 22.8 Å². The minimum absolute atomic E-state index is 0.184. The van der Waals surface area contributed by atoms with E-state index < -0.39 is 12.0 Å². The van der Waals surface area contributed by atoms with Gasteiger partial charge in [-0.15, -0.1) is 0 Å². The molecule has 0 saturated heterocycles. The first kappa shape index (κ1) is 19.5. The van der Waals surface area contributed by atoms with E-state index in [1.54, 1.807) is 51.4 Å². The first-order valence-electron chi connectivity index (χ1n) is 8.39. The fraction of sp³-hybridized carbons (Fsp3) is 0.421. The molecule has 0 fully saturated rings. The zero-order chi connectivity index (χ0) is 19.6. The van der Waals surface area contributed by atoms with Gasteiger partial charge in [0.2, 0.25) is 0 Å². The van der Waals surface area contributed by atoms with Gasteiger partial charge in [-0.2, -0.15) is 0 Å². The Labute approximate surface area is 152 Å². The third-order valence-electron chi connectivity index (χ3n) is 4.74. The van der Waals surface area contributed by atoms with Crippen LogP contribution in [0.4, 0.5) is 0 Å². The topological polar surface area (TPSA) is 81.8 Å². The van der Waals surface area contributed by atoms with Crippen molar-refractivity contribution in [3.63, 3.8) is 0 Å². The molecule has 0 saturated carbocycles. The van der Waals surface area contributed by atoms with Crippen LogP contribution in [-0.4, -0.2) is 46.8 Å². The average molecular weight is 360 g/mol. The molecule has 1 atom stereocenters. The van der Waals surface area contributed by atoms with Gasteiger partial charge < -0.3 is 18.6 Å². The van der Waals surface area contributed by atoms with Crippen molar-refractivity contribution >= 4 is 17.7 Å². The average Bonchev–Trinajstić information content (AvgIpc) is 3.22. The van der Waals surface area contributed by atoms with Gasteiger partial charge in [0.05, 0.1) is 19.4 Å². The number of carbonyl (C=O) groups is 3. The fourth-order valence-electron chi connectivity index (χ4n) is 3.21. The van der Waals surface area contributed by atoms with Crippen LogP contribution < -0.4 is 0 Å². The Kier molecular flexibility index (Phi) is 5.69. The van der Waals surface area contributed by atoms with Gasteiger partial charge in [-0.25, -0.2) is 4.79 Å². The number of carbonyl (C=O) groups excluding carboxylic acids is 3. The van der Waals surface area contributed by atoms with Crippen LogP contribution in [-0.2, 0) is 11.8 Å². The summed E-state index contributed by atoms with van der Waals surface area (Å²) in [7, 11) is 3.01. The van der Waals surface area contributed by atoms with Gasteiger partial charge in [-0.3, -0.25) is 9.59 Å². The number of likely N-dealkylation sites (N-methyl/N-ethyl adjacent to an activating group) is 1. The lowest BCUT2D eigenvalue weighted by Gasteiger charge is -2.26. The summed E-state index contributed by atoms with van der Waals surface area (Å²) in [6.07, 6.45) is 1.42. The molecule has 0 aliphatic heterocycles. The van der Waals surface area contributed by atoms with E-state index in [9.17, 15) is 14.4 Å². The first-order chi connectivity index (χ1) is 12.3. The van der Waals surface area contributed by atoms with Gasteiger partial charge in [-0.1, -0.05) is 0 Å². The van der Waals surface area contributed by atoms with Crippen molar-refractivity contribution in [1.82, 2.24) is 9.47 Å². The minimum atomic E-state index is -0.706. The molecule has 0 aromatic carbocycles. The lowest BCUT2D eigenvalue weighted by molar-refractivity contribution is 0.0587. The Balaban J connectivity index is 2.42. The van der Waals surface area contributed by atoms with Gasteiger partial charge in [0.25, 0.3) is 5.91 Å². The zero-order valence-corrected chi connectivity index (χ0v) is 16.0. The van der Waals surface area contributed by atoms with Crippen molar-refractivity contribution in [2.75, 3.05) is 13.7 Å². The van der Waals surface area contributed by atoms with E-state index in [2.05, 4.69) is 0 Å². The summed E-state index contributed by atoms with van der Waals surface area (Å²) in [6, 6.07) is 2.49. The smallest absolute Gasteiger partial charge is 0.354 e. The second kappa shape index (κ2) is 7.59. The largest absolute Gasteiger partial charge is 0.464 e. The van der Waals surface area contributed by atoms with Crippen LogP contribution in [0.3, 0.4) is 0 Å². The normalized spacial score (nSPS) is 11.9. The summed E-state index contributed by atoms with van der Waals surface area (Å²) in [4.78, 5) is 39.2. The summed E-state index contributed by atoms with van der Waals surface area (Å²) in [5, 5.41) is 0. The molecular formula is C19H24N2O5. The number of hydrogen-bond acceptors (Lipinski definition) is 5. The fourth-order valence-corrected chi connectivity index (χ4v) is 3.21. The summed E-state index contributed by atoms with van der Waals surface area (Å²) in [5.41, 5.74) is 1.98. The molecule has 2 aromatic rings. The van der Waals surface area contributed by atoms with Crippen LogP contribution in [0.2, 0.25) is 0 Å². The van der Waals surface area contributed by atoms with E-state index in [1.165, 1.54) is 18.3 Å². The van der Waals surface area contributed by atoms with Crippen molar-refractivity contribution in [1.29, 1.82) is 0 Å². The minimum Gasteiger partial charge on any atom is -0.464 e. The van der Waals surface area contributed by atoms with Crippen LogP contribution in [0.1, 0.15) is 56.5 Å². The summed E-state index contributed by atoms with van der Waals surface area (Å²) >= 11 is 0. The number of hydrogen-bond donors (Lipinski definition) is 0. The summed E-state index contributed by atoms with van der Waals surface area (Å²) < 4.78 is 11.6. The molecule has 0 aliphatic rings. The van der Waals surface area contributed by atoms with Gasteiger partial charge in [-0.05, 0) is 45.4 Å². The third-order valence-corrected chi connectivity index (χ3v) is 4.74. The first-order valence-corrected chi connectivity index (χ1v) is 8.39. The maximum absolute atomic E-state index is 13.1. The number of ether oxygens (including phenoxy) is 1. The zero-order valence-electron chi connectivity index (χ0n) is 16.0. The number of Topliss-reactive ketones (excluding diaryl/α,β-unsaturated/α-hetero) is 1. The third kappa shape index (κ3) is 3.16. The van der Waals surface area contributed by atoms with Crippen LogP contribution in [0, 0.1) is 13.8 Å². The van der Waals surface area contributed by atoms with Crippen molar-refractivity contribution in [3.8, 4) is 0 Å². The van der Waals surface area contributed by atoms with Gasteiger partial charge in [0, 0.05) is 24.8 Å². The molecule has 26 heavy (non-hydrogen) atoms. The Bertz CT molecular complexity index is 833. The SMILES string of the molecule is CCN(C(=O)c1ccco1)C(C)C(=O)c1c(C)c(C(=O)OC)n(C)c1C. The quantitative estimate of drug-likeness (QED) is 0.584. The molecule has 0 N–H and O–H groups in total. The van der Waals surface area contributed by atoms with E-state index in [0.717, 1.165) is 0 Å². The van der Waals surface area contributed by atoms with E-state index in [1.807, 2.05) is 0 Å². The molecule has 7 nitrogen and oxygen atoms in total. The Morgan fingerprint density at radius 2 is 1.96 bits per heavy atom. The maximum atomic E-state index is 13.1. The lowest BCUT2D eigenvalue weighted by atomic mass is 9.99. The lowest BCUT2D eigenvalue weighted by Crippen LogP contribution is -2.43. The van der Waals surface area contributed by atoms with Crippen LogP contribution >= 0.6 is 0 Å². The standard InChI is InChI=1S/C19H24N2O5/c1-7-21(18(23)14-9-8-10-26-14)13(4)17(22)15-11(2)16(19(24)25-6)20(5)12(15)3/h8-10,13H,7H2,1-6H3. The Hall–Kier alpha value is -2.83. The summed E-state index contributed by atoms with van der Waals surface area (Å²) in [5.74, 6) is -0.896. The van der Waals surface area contributed by atoms with Crippen molar-refractivity contribution in [2.45, 2.75) is 33.7 Å². The van der Waals surface area contributed by atoms with Gasteiger partial charge >= 0.3 is 5.97 Å². The van der Waals surface area contributed by atoms with Crippen molar-refractivity contribution in [2.24, 2.45) is 7.05 Å². The second-order valence-corrected chi connectivity index (χ2v) is 6.09. The number of ketones is 1. The molecule has 1 amide bonds. The molecule has 0 radical (unpaired) electrons. The number of nitrogens with zero attached hydrogens (tertiary/aromatic N) is 2. The van der Waals surface area contributed by atoms with Crippen molar-refractivity contribution < 1.29 is 23.5 Å². The molecule has 0 aliphatic carbocycles. The monoisotopic (exact) mass is 360 g/mol. The van der Waals surface area contributed by atoms with E-state index in [0.29, 0.717) is 29.1 Å². The highest BCUT2D eigenvalue weighted by molar-refractivity contribution is 6.07. The maximum Gasteiger partial charge on any atom is 0.354 e. The number of methoxy groups -OCH3 is 1. The van der Waals surface area contributed by atoms with Gasteiger partial charge in [0.15, 0.2) is 11.5 Å². The van der Waals surface area contributed by atoms with E-state index in [4.69, 9.17) is 9.15 Å². The van der Waals surface area contributed by atoms with E-state index in [-0.39, 0.29) is 17.5 Å². The number of rotatable bonds is 6. The molecular weight excluding hydrogens is 336 g/mol. The van der Waals surface area contributed by atoms with Gasteiger partial charge in [0.1, 0.15) is 5.69 Å². The van der Waals surface area contributed by atoms with Crippen LogP contribution in [0.25, 0.3) is 0 Å². The summed E-state index contributed by atoms with van der Waals surface area (Å²) in [6.45, 7) is 7.31. The highest BCUT2D eigenvalue weighted by Gasteiger charge is 2.32. The second-order valence-electron chi connectivity index (χ2n) is 6.09. The molecule has 2 rings (SSSR count). The molecule has 0 spiro atoms. The number of amides is 1. The molecule has 2 aromatic heterocycles. The predicted octanol–water partition coefficient (Wildman–Crippen LogP) is 2.76. The molecule has 0 bridgehead atoms. The highest BCUT2D eigenvalue weighted by atomic mass is 16.5. The molecule has 1 unspecified atom stereocenters. The highest BCUT2D eigenvalue weighted by Crippen LogP contribution is 2.25. The van der Waals surface area contributed by atoms with Crippen molar-refractivity contribution in [3.05, 3.63) is 46.7 Å². The number of furan rings is 1. The number of aromatic nitrogens is 1. The molecule has 7 heteroatoms. The Morgan fingerprint density at radius 1 is 1.31 bits per heavy atom. The van der Waals surface area contributed by atoms with E-state index >= 15 is 0 Å². The van der Waals surface area contributed by atoms with Crippen LogP contribution in [0.5, 0.6) is 0 Å². The number of esters is 1. The molecule has 140 valence electrons.